The number of nitrogens with two attached hydrogens (primary N) is 1. The lowest BCUT2D eigenvalue weighted by atomic mass is 10.2. The van der Waals surface area contributed by atoms with Gasteiger partial charge in [0.25, 0.3) is 0 Å². The third-order valence-electron chi connectivity index (χ3n) is 4.26. The predicted molar refractivity (Wildman–Crippen MR) is 119 cm³/mol. The lowest BCUT2D eigenvalue weighted by molar-refractivity contribution is -0.117. The van der Waals surface area contributed by atoms with E-state index in [0.717, 1.165) is 21.2 Å². The van der Waals surface area contributed by atoms with Gasteiger partial charge < -0.3 is 10.3 Å². The molecule has 6 nitrogen and oxygen atoms in total. The quantitative estimate of drug-likeness (QED) is 0.413. The van der Waals surface area contributed by atoms with Crippen LogP contribution in [0.2, 0.25) is 0 Å². The molecule has 4 aromatic rings. The maximum atomic E-state index is 11.5. The lowest BCUT2D eigenvalue weighted by Gasteiger charge is -2.11. The van der Waals surface area contributed by atoms with Crippen molar-refractivity contribution in [2.75, 3.05) is 0 Å². The highest BCUT2D eigenvalue weighted by Crippen LogP contribution is 2.32. The molecule has 0 spiro atoms. The van der Waals surface area contributed by atoms with E-state index in [9.17, 15) is 4.79 Å². The zero-order valence-electron chi connectivity index (χ0n) is 15.7. The Morgan fingerprint density at radius 3 is 2.66 bits per heavy atom. The monoisotopic (exact) mass is 441 g/mol. The van der Waals surface area contributed by atoms with Crippen LogP contribution >= 0.6 is 34.9 Å². The van der Waals surface area contributed by atoms with Crippen molar-refractivity contribution in [1.82, 2.24) is 19.7 Å². The third kappa shape index (κ3) is 4.80. The second kappa shape index (κ2) is 8.98. The molecule has 29 heavy (non-hydrogen) atoms. The van der Waals surface area contributed by atoms with Gasteiger partial charge >= 0.3 is 0 Å². The molecule has 0 saturated carbocycles. The van der Waals surface area contributed by atoms with Gasteiger partial charge in [-0.2, -0.15) is 0 Å². The number of para-hydroxylation sites is 1. The van der Waals surface area contributed by atoms with Crippen LogP contribution in [0.25, 0.3) is 10.2 Å². The first-order valence-corrected chi connectivity index (χ1v) is 11.7. The van der Waals surface area contributed by atoms with Crippen LogP contribution in [0.1, 0.15) is 18.3 Å². The lowest BCUT2D eigenvalue weighted by Crippen LogP contribution is -2.23. The van der Waals surface area contributed by atoms with Crippen LogP contribution in [-0.4, -0.2) is 30.9 Å². The minimum atomic E-state index is -0.376. The van der Waals surface area contributed by atoms with E-state index in [4.69, 9.17) is 5.73 Å². The van der Waals surface area contributed by atoms with Crippen molar-refractivity contribution in [3.05, 3.63) is 66.0 Å². The molecule has 2 N–H and O–H groups in total. The van der Waals surface area contributed by atoms with Crippen molar-refractivity contribution in [2.45, 2.75) is 34.0 Å². The molecule has 9 heteroatoms. The maximum Gasteiger partial charge on any atom is 0.230 e. The molecule has 0 fully saturated rings. The van der Waals surface area contributed by atoms with Crippen molar-refractivity contribution >= 4 is 51.0 Å². The third-order valence-corrected chi connectivity index (χ3v) is 7.53. The number of thiazole rings is 1. The van der Waals surface area contributed by atoms with Gasteiger partial charge in [0.2, 0.25) is 5.91 Å². The molecule has 0 aliphatic heterocycles. The Kier molecular flexibility index (Phi) is 6.17. The van der Waals surface area contributed by atoms with E-state index in [2.05, 4.69) is 37.9 Å². The zero-order valence-corrected chi connectivity index (χ0v) is 18.1. The number of rotatable bonds is 8. The number of hydrogen-bond acceptors (Lipinski definition) is 7. The summed E-state index contributed by atoms with van der Waals surface area (Å²) < 4.78 is 4.23. The Labute approximate surface area is 180 Å². The van der Waals surface area contributed by atoms with Crippen LogP contribution in [-0.2, 0) is 17.1 Å². The summed E-state index contributed by atoms with van der Waals surface area (Å²) >= 11 is 4.66. The summed E-state index contributed by atoms with van der Waals surface area (Å²) in [4.78, 5) is 16.2. The molecular formula is C20H19N5OS3. The Bertz CT molecular complexity index is 1090. The fraction of sp³-hybridized carbons (Fsp3) is 0.200. The predicted octanol–water partition coefficient (Wildman–Crippen LogP) is 4.19. The van der Waals surface area contributed by atoms with Gasteiger partial charge in [-0.15, -0.1) is 21.5 Å². The summed E-state index contributed by atoms with van der Waals surface area (Å²) in [6.07, 6.45) is 0. The first-order valence-electron chi connectivity index (χ1n) is 9.00. The van der Waals surface area contributed by atoms with Gasteiger partial charge in [0.1, 0.15) is 5.82 Å². The molecule has 4 rings (SSSR count). The number of carbonyl (C=O) groups excluding carboxylic acids is 1. The number of amides is 1. The molecule has 2 heterocycles. The number of carbonyl (C=O) groups is 1. The van der Waals surface area contributed by atoms with Gasteiger partial charge in [0.15, 0.2) is 9.50 Å². The van der Waals surface area contributed by atoms with Gasteiger partial charge in [-0.25, -0.2) is 4.98 Å². The summed E-state index contributed by atoms with van der Waals surface area (Å²) in [7, 11) is 0. The molecule has 148 valence electrons. The fourth-order valence-corrected chi connectivity index (χ4v) is 5.52. The Morgan fingerprint density at radius 2 is 1.90 bits per heavy atom. The van der Waals surface area contributed by atoms with Crippen molar-refractivity contribution < 1.29 is 4.79 Å². The SMILES string of the molecule is C[C@@H](Sc1nnc(CSc2nc3ccccc3s2)n1Cc1ccccc1)C(N)=O. The van der Waals surface area contributed by atoms with Crippen LogP contribution < -0.4 is 5.73 Å². The van der Waals surface area contributed by atoms with Crippen molar-refractivity contribution in [3.63, 3.8) is 0 Å². The van der Waals surface area contributed by atoms with Crippen LogP contribution in [0.15, 0.2) is 64.1 Å². The molecule has 0 saturated heterocycles. The second-order valence-electron chi connectivity index (χ2n) is 6.37. The number of benzene rings is 2. The molecule has 0 aliphatic carbocycles. The highest BCUT2D eigenvalue weighted by atomic mass is 32.2. The van der Waals surface area contributed by atoms with Gasteiger partial charge in [-0.05, 0) is 24.6 Å². The van der Waals surface area contributed by atoms with Crippen LogP contribution in [0, 0.1) is 0 Å². The van der Waals surface area contributed by atoms with E-state index in [-0.39, 0.29) is 11.2 Å². The average molecular weight is 442 g/mol. The van der Waals surface area contributed by atoms with Crippen molar-refractivity contribution in [1.29, 1.82) is 0 Å². The summed E-state index contributed by atoms with van der Waals surface area (Å²) in [5, 5.41) is 9.04. The number of nitrogens with zero attached hydrogens (tertiary/aromatic N) is 4. The number of thioether (sulfide) groups is 2. The van der Waals surface area contributed by atoms with Crippen LogP contribution in [0.3, 0.4) is 0 Å². The second-order valence-corrected chi connectivity index (χ2v) is 9.93. The van der Waals surface area contributed by atoms with Gasteiger partial charge in [0.05, 0.1) is 27.8 Å². The number of aromatic nitrogens is 4. The normalized spacial score (nSPS) is 12.3. The van der Waals surface area contributed by atoms with Crippen LogP contribution in [0.4, 0.5) is 0 Å². The highest BCUT2D eigenvalue weighted by Gasteiger charge is 2.19. The summed E-state index contributed by atoms with van der Waals surface area (Å²) in [6, 6.07) is 18.3. The first kappa shape index (κ1) is 19.9. The zero-order chi connectivity index (χ0) is 20.2. The molecule has 0 bridgehead atoms. The molecule has 2 aromatic heterocycles. The standard InChI is InChI=1S/C20H19N5OS3/c1-13(18(21)26)28-19-24-23-17(25(19)11-14-7-3-2-4-8-14)12-27-20-22-15-9-5-6-10-16(15)29-20/h2-10,13H,11-12H2,1H3,(H2,21,26)/t13-/m1/s1. The smallest absolute Gasteiger partial charge is 0.230 e. The van der Waals surface area contributed by atoms with E-state index in [1.807, 2.05) is 36.4 Å². The van der Waals surface area contributed by atoms with E-state index in [0.29, 0.717) is 17.5 Å². The van der Waals surface area contributed by atoms with Crippen molar-refractivity contribution in [3.8, 4) is 0 Å². The van der Waals surface area contributed by atoms with E-state index in [1.165, 1.54) is 16.5 Å². The fourth-order valence-electron chi connectivity index (χ4n) is 2.69. The van der Waals surface area contributed by atoms with Crippen molar-refractivity contribution in [2.24, 2.45) is 5.73 Å². The maximum absolute atomic E-state index is 11.5. The highest BCUT2D eigenvalue weighted by molar-refractivity contribution is 8.00. The molecule has 2 aromatic carbocycles. The molecule has 0 unspecified atom stereocenters. The summed E-state index contributed by atoms with van der Waals surface area (Å²) in [5.41, 5.74) is 7.59. The molecule has 0 aliphatic rings. The van der Waals surface area contributed by atoms with E-state index in [1.54, 1.807) is 30.0 Å². The number of primary amides is 1. The molecule has 0 radical (unpaired) electrons. The number of fused-ring (bicyclic) bond motifs is 1. The minimum absolute atomic E-state index is 0.366. The molecular weight excluding hydrogens is 422 g/mol. The minimum Gasteiger partial charge on any atom is -0.369 e. The Hall–Kier alpha value is -2.36. The average Bonchev–Trinajstić information content (AvgIpc) is 3.31. The first-order chi connectivity index (χ1) is 14.1. The van der Waals surface area contributed by atoms with Gasteiger partial charge in [0, 0.05) is 0 Å². The Morgan fingerprint density at radius 1 is 1.14 bits per heavy atom. The van der Waals surface area contributed by atoms with Crippen LogP contribution in [0.5, 0.6) is 0 Å². The number of hydrogen-bond donors (Lipinski definition) is 1. The van der Waals surface area contributed by atoms with E-state index < -0.39 is 0 Å². The largest absolute Gasteiger partial charge is 0.369 e. The molecule has 1 atom stereocenters. The van der Waals surface area contributed by atoms with Gasteiger partial charge in [-0.3, -0.25) is 4.79 Å². The van der Waals surface area contributed by atoms with Gasteiger partial charge in [-0.1, -0.05) is 66.0 Å². The van der Waals surface area contributed by atoms with E-state index >= 15 is 0 Å². The topological polar surface area (TPSA) is 86.7 Å². The molecule has 1 amide bonds. The summed E-state index contributed by atoms with van der Waals surface area (Å²) in [6.45, 7) is 2.42. The Balaban J connectivity index is 1.57. The summed E-state index contributed by atoms with van der Waals surface area (Å²) in [5.74, 6) is 1.12.